The third-order valence-corrected chi connectivity index (χ3v) is 5.67. The summed E-state index contributed by atoms with van der Waals surface area (Å²) in [7, 11) is 0. The fraction of sp³-hybridized carbons (Fsp3) is 0. The Morgan fingerprint density at radius 3 is 1.28 bits per heavy atom. The van der Waals surface area contributed by atoms with Crippen LogP contribution in [0.4, 0.5) is 11.4 Å². The predicted molar refractivity (Wildman–Crippen MR) is 109 cm³/mol. The third kappa shape index (κ3) is 3.75. The van der Waals surface area contributed by atoms with Crippen LogP contribution in [-0.4, -0.2) is 23.6 Å². The second kappa shape index (κ2) is 8.08. The fourth-order valence-corrected chi connectivity index (χ4v) is 4.27. The molecule has 0 aliphatic carbocycles. The maximum atomic E-state index is 12.0. The number of anilines is 2. The van der Waals surface area contributed by atoms with Crippen molar-refractivity contribution in [3.63, 3.8) is 0 Å². The summed E-state index contributed by atoms with van der Waals surface area (Å²) in [5.41, 5.74) is 0.834. The van der Waals surface area contributed by atoms with Crippen molar-refractivity contribution in [1.29, 1.82) is 0 Å². The molecule has 2 aromatic rings. The van der Waals surface area contributed by atoms with Crippen LogP contribution in [-0.2, 0) is 22.8 Å². The molecule has 0 unspecified atom stereocenters. The number of para-hydroxylation sites is 2. The average molecular weight is 424 g/mol. The van der Waals surface area contributed by atoms with E-state index in [2.05, 4.69) is 0 Å². The Hall–Kier alpha value is -3.14. The number of imide groups is 2. The van der Waals surface area contributed by atoms with Gasteiger partial charge in [0.15, 0.2) is 0 Å². The molecule has 0 saturated carbocycles. The molecule has 7 nitrogen and oxygen atoms in total. The van der Waals surface area contributed by atoms with E-state index in [9.17, 15) is 19.2 Å². The largest absolute Gasteiger partial charge is 0.269 e. The molecule has 0 saturated heterocycles. The van der Waals surface area contributed by atoms with Crippen molar-refractivity contribution < 1.29 is 22.8 Å². The molecule has 4 rings (SSSR count). The van der Waals surface area contributed by atoms with Crippen LogP contribution in [0.15, 0.2) is 82.6 Å². The highest BCUT2D eigenvalue weighted by molar-refractivity contribution is 8.08. The summed E-state index contributed by atoms with van der Waals surface area (Å²) in [6, 6.07) is 13.7. The topological polar surface area (TPSA) is 84.0 Å². The molecule has 4 amide bonds. The lowest BCUT2D eigenvalue weighted by Gasteiger charge is -2.18. The first-order valence-corrected chi connectivity index (χ1v) is 9.86. The monoisotopic (exact) mass is 424 g/mol. The normalized spacial score (nSPS) is 15.9. The van der Waals surface area contributed by atoms with E-state index in [0.29, 0.717) is 21.2 Å². The van der Waals surface area contributed by atoms with Crippen molar-refractivity contribution in [1.82, 2.24) is 0 Å². The number of carbonyl (C=O) groups is 4. The summed E-state index contributed by atoms with van der Waals surface area (Å²) in [5, 5.41) is 0. The number of hydrogen-bond donors (Lipinski definition) is 0. The van der Waals surface area contributed by atoms with Gasteiger partial charge in [0.25, 0.3) is 23.6 Å². The molecule has 2 aliphatic heterocycles. The van der Waals surface area contributed by atoms with Crippen molar-refractivity contribution >= 4 is 59.1 Å². The second-order valence-corrected chi connectivity index (χ2v) is 7.62. The van der Waals surface area contributed by atoms with Gasteiger partial charge in [0.1, 0.15) is 0 Å². The van der Waals surface area contributed by atoms with Gasteiger partial charge in [0.2, 0.25) is 0 Å². The number of hydrogen-bond acceptors (Lipinski definition) is 7. The highest BCUT2D eigenvalue weighted by atomic mass is 32.2. The number of carbonyl (C=O) groups excluding carboxylic acids is 4. The first-order valence-electron chi connectivity index (χ1n) is 8.38. The van der Waals surface area contributed by atoms with Gasteiger partial charge in [-0.05, 0) is 24.3 Å². The molecular weight excluding hydrogens is 412 g/mol. The summed E-state index contributed by atoms with van der Waals surface area (Å²) in [6.45, 7) is 0. The lowest BCUT2D eigenvalue weighted by atomic mass is 10.3. The van der Waals surface area contributed by atoms with E-state index in [1.807, 2.05) is 0 Å². The van der Waals surface area contributed by atoms with Crippen LogP contribution >= 0.6 is 24.1 Å². The molecule has 0 N–H and O–H groups in total. The molecule has 0 atom stereocenters. The summed E-state index contributed by atoms with van der Waals surface area (Å²) < 4.78 is 5.64. The van der Waals surface area contributed by atoms with E-state index >= 15 is 0 Å². The van der Waals surface area contributed by atoms with Gasteiger partial charge in [-0.25, -0.2) is 13.4 Å². The second-order valence-electron chi connectivity index (χ2n) is 5.86. The van der Waals surface area contributed by atoms with Crippen molar-refractivity contribution in [3.05, 3.63) is 72.8 Å². The van der Waals surface area contributed by atoms with E-state index in [1.165, 1.54) is 24.3 Å². The van der Waals surface area contributed by atoms with E-state index in [-0.39, 0.29) is 0 Å². The molecular formula is C20H12N2O5S2. The van der Waals surface area contributed by atoms with Crippen molar-refractivity contribution in [2.75, 3.05) is 9.80 Å². The zero-order chi connectivity index (χ0) is 20.4. The standard InChI is InChI=1S/C20H12N2O5S2/c23-17-9-10-18(24)21(17)13-5-1-3-7-15(13)28-27-29-16-8-4-2-6-14(16)22-19(25)11-12-20(22)26/h1-12H. The van der Waals surface area contributed by atoms with E-state index in [4.69, 9.17) is 3.63 Å². The molecule has 29 heavy (non-hydrogen) atoms. The minimum absolute atomic E-state index is 0.417. The van der Waals surface area contributed by atoms with Gasteiger partial charge < -0.3 is 0 Å². The van der Waals surface area contributed by atoms with Gasteiger partial charge >= 0.3 is 0 Å². The van der Waals surface area contributed by atoms with Gasteiger partial charge in [0.05, 0.1) is 21.2 Å². The number of nitrogens with zero attached hydrogens (tertiary/aromatic N) is 2. The molecule has 2 heterocycles. The van der Waals surface area contributed by atoms with Crippen LogP contribution in [0.25, 0.3) is 0 Å². The van der Waals surface area contributed by atoms with Crippen molar-refractivity contribution in [3.8, 4) is 0 Å². The lowest BCUT2D eigenvalue weighted by Crippen LogP contribution is -2.30. The van der Waals surface area contributed by atoms with E-state index in [1.54, 1.807) is 48.5 Å². The molecule has 0 bridgehead atoms. The SMILES string of the molecule is O=C1C=CC(=O)N1c1ccccc1SOSc1ccccc1N1C(=O)C=CC1=O. The van der Waals surface area contributed by atoms with E-state index in [0.717, 1.165) is 33.9 Å². The first kappa shape index (κ1) is 19.2. The maximum absolute atomic E-state index is 12.0. The van der Waals surface area contributed by atoms with Gasteiger partial charge in [-0.3, -0.25) is 19.2 Å². The predicted octanol–water partition coefficient (Wildman–Crippen LogP) is 3.28. The molecule has 2 aliphatic rings. The molecule has 0 radical (unpaired) electrons. The fourth-order valence-electron chi connectivity index (χ4n) is 2.79. The van der Waals surface area contributed by atoms with Gasteiger partial charge in [-0.15, -0.1) is 0 Å². The lowest BCUT2D eigenvalue weighted by molar-refractivity contribution is -0.121. The molecule has 0 spiro atoms. The quantitative estimate of drug-likeness (QED) is 0.520. The van der Waals surface area contributed by atoms with Crippen molar-refractivity contribution in [2.24, 2.45) is 0 Å². The molecule has 0 aromatic heterocycles. The van der Waals surface area contributed by atoms with Gasteiger partial charge in [0, 0.05) is 48.4 Å². The minimum atomic E-state index is -0.417. The molecule has 0 fully saturated rings. The average Bonchev–Trinajstić information content (AvgIpc) is 3.23. The van der Waals surface area contributed by atoms with Gasteiger partial charge in [-0.1, -0.05) is 24.3 Å². The van der Waals surface area contributed by atoms with E-state index < -0.39 is 23.6 Å². The van der Waals surface area contributed by atoms with Crippen LogP contribution < -0.4 is 9.80 Å². The van der Waals surface area contributed by atoms with Crippen LogP contribution in [0.2, 0.25) is 0 Å². The van der Waals surface area contributed by atoms with Crippen LogP contribution in [0, 0.1) is 0 Å². The Bertz CT molecular complexity index is 974. The Labute approximate surface area is 174 Å². The number of amides is 4. The Kier molecular flexibility index (Phi) is 5.34. The molecule has 9 heteroatoms. The molecule has 2 aromatic carbocycles. The Balaban J connectivity index is 1.50. The zero-order valence-corrected chi connectivity index (χ0v) is 16.3. The first-order chi connectivity index (χ1) is 14.1. The minimum Gasteiger partial charge on any atom is -0.269 e. The summed E-state index contributed by atoms with van der Waals surface area (Å²) in [4.78, 5) is 51.2. The van der Waals surface area contributed by atoms with Crippen LogP contribution in [0.5, 0.6) is 0 Å². The third-order valence-electron chi connectivity index (χ3n) is 4.08. The smallest absolute Gasteiger partial charge is 0.258 e. The zero-order valence-electron chi connectivity index (χ0n) is 14.7. The highest BCUT2D eigenvalue weighted by Crippen LogP contribution is 2.39. The van der Waals surface area contributed by atoms with Crippen LogP contribution in [0.1, 0.15) is 0 Å². The van der Waals surface area contributed by atoms with Crippen molar-refractivity contribution in [2.45, 2.75) is 9.79 Å². The number of rotatable bonds is 6. The van der Waals surface area contributed by atoms with Crippen LogP contribution in [0.3, 0.4) is 0 Å². The number of benzene rings is 2. The summed E-state index contributed by atoms with van der Waals surface area (Å²) >= 11 is 1.94. The summed E-state index contributed by atoms with van der Waals surface area (Å²) in [5.74, 6) is -1.67. The van der Waals surface area contributed by atoms with Gasteiger partial charge in [-0.2, -0.15) is 0 Å². The Morgan fingerprint density at radius 1 is 0.552 bits per heavy atom. The maximum Gasteiger partial charge on any atom is 0.258 e. The molecule has 144 valence electrons. The summed E-state index contributed by atoms with van der Waals surface area (Å²) in [6.07, 6.45) is 4.86. The highest BCUT2D eigenvalue weighted by Gasteiger charge is 2.29. The Morgan fingerprint density at radius 2 is 0.897 bits per heavy atom.